The van der Waals surface area contributed by atoms with Crippen molar-refractivity contribution in [2.75, 3.05) is 0 Å². The van der Waals surface area contributed by atoms with Crippen molar-refractivity contribution in [3.8, 4) is 0 Å². The number of nitrogens with one attached hydrogen (secondary N) is 1. The normalized spacial score (nSPS) is 29.0. The number of carboxylic acid groups (broad SMARTS) is 1. The Morgan fingerprint density at radius 3 is 2.64 bits per heavy atom. The molecule has 60 valence electrons. The summed E-state index contributed by atoms with van der Waals surface area (Å²) in [5.41, 5.74) is -2.18. The highest BCUT2D eigenvalue weighted by molar-refractivity contribution is 5.79. The Morgan fingerprint density at radius 1 is 1.64 bits per heavy atom. The third-order valence-electron chi connectivity index (χ3n) is 1.24. The fraction of sp³-hybridized carbons (Fsp3) is 0.167. The zero-order valence-electron chi connectivity index (χ0n) is 5.48. The summed E-state index contributed by atoms with van der Waals surface area (Å²) in [5, 5.41) is 28.3. The van der Waals surface area contributed by atoms with E-state index in [0.29, 0.717) is 0 Å². The molecule has 1 rings (SSSR count). The molecule has 0 bridgehead atoms. The van der Waals surface area contributed by atoms with Crippen molar-refractivity contribution in [2.45, 2.75) is 5.72 Å². The lowest BCUT2D eigenvalue weighted by molar-refractivity contribution is -0.156. The molecule has 0 amide bonds. The smallest absolute Gasteiger partial charge is 0.361 e. The molecule has 0 aromatic carbocycles. The summed E-state index contributed by atoms with van der Waals surface area (Å²) in [4.78, 5) is 10.3. The van der Waals surface area contributed by atoms with Gasteiger partial charge in [-0.3, -0.25) is 0 Å². The second-order valence-corrected chi connectivity index (χ2v) is 2.11. The van der Waals surface area contributed by atoms with Crippen molar-refractivity contribution >= 4 is 5.97 Å². The van der Waals surface area contributed by atoms with Crippen LogP contribution in [0.3, 0.4) is 0 Å². The first-order valence-electron chi connectivity index (χ1n) is 2.87. The molecule has 0 spiro atoms. The molecule has 0 aromatic heterocycles. The topological polar surface area (TPSA) is 89.8 Å². The van der Waals surface area contributed by atoms with Crippen molar-refractivity contribution in [1.82, 2.24) is 5.32 Å². The molecule has 4 N–H and O–H groups in total. The van der Waals surface area contributed by atoms with Crippen LogP contribution in [0.5, 0.6) is 0 Å². The number of aliphatic hydroxyl groups excluding tert-OH is 1. The van der Waals surface area contributed by atoms with Gasteiger partial charge in [-0.15, -0.1) is 0 Å². The molecule has 1 aliphatic rings. The summed E-state index contributed by atoms with van der Waals surface area (Å²) < 4.78 is 0. The van der Waals surface area contributed by atoms with Crippen molar-refractivity contribution in [3.63, 3.8) is 0 Å². The van der Waals surface area contributed by atoms with Crippen LogP contribution in [0, 0.1) is 0 Å². The number of rotatable bonds is 1. The van der Waals surface area contributed by atoms with E-state index in [-0.39, 0.29) is 5.88 Å². The maximum atomic E-state index is 10.3. The molecule has 5 nitrogen and oxygen atoms in total. The van der Waals surface area contributed by atoms with Crippen LogP contribution in [0.25, 0.3) is 0 Å². The highest BCUT2D eigenvalue weighted by Gasteiger charge is 2.34. The maximum Gasteiger partial charge on any atom is 0.361 e. The molecule has 1 aliphatic heterocycles. The Labute approximate surface area is 62.3 Å². The van der Waals surface area contributed by atoms with Crippen LogP contribution in [-0.4, -0.2) is 27.0 Å². The van der Waals surface area contributed by atoms with Gasteiger partial charge in [0.05, 0.1) is 0 Å². The third-order valence-corrected chi connectivity index (χ3v) is 1.24. The quantitative estimate of drug-likeness (QED) is 0.405. The lowest BCUT2D eigenvalue weighted by atomic mass is 10.1. The van der Waals surface area contributed by atoms with Gasteiger partial charge in [-0.05, 0) is 12.2 Å². The number of aliphatic carboxylic acids is 1. The average Bonchev–Trinajstić information content (AvgIpc) is 1.86. The first-order valence-corrected chi connectivity index (χ1v) is 2.87. The fourth-order valence-electron chi connectivity index (χ4n) is 0.682. The fourth-order valence-corrected chi connectivity index (χ4v) is 0.682. The SMILES string of the molecule is O=C(O)C1(O)C=CC=C(O)N1. The summed E-state index contributed by atoms with van der Waals surface area (Å²) in [6, 6.07) is 0. The lowest BCUT2D eigenvalue weighted by Gasteiger charge is -2.23. The van der Waals surface area contributed by atoms with E-state index in [1.165, 1.54) is 12.2 Å². The minimum absolute atomic E-state index is 0.377. The van der Waals surface area contributed by atoms with Gasteiger partial charge in [0.15, 0.2) is 5.88 Å². The number of allylic oxidation sites excluding steroid dienone is 2. The molecule has 0 radical (unpaired) electrons. The van der Waals surface area contributed by atoms with Crippen molar-refractivity contribution < 1.29 is 20.1 Å². The van der Waals surface area contributed by atoms with Crippen LogP contribution in [0.4, 0.5) is 0 Å². The number of aliphatic hydroxyl groups is 2. The molecule has 5 heteroatoms. The molecule has 11 heavy (non-hydrogen) atoms. The summed E-state index contributed by atoms with van der Waals surface area (Å²) in [5.74, 6) is -1.84. The largest absolute Gasteiger partial charge is 0.495 e. The van der Waals surface area contributed by atoms with Gasteiger partial charge in [-0.2, -0.15) is 0 Å². The Morgan fingerprint density at radius 2 is 2.27 bits per heavy atom. The zero-order chi connectivity index (χ0) is 8.48. The van der Waals surface area contributed by atoms with Gasteiger partial charge < -0.3 is 20.6 Å². The number of hydrogen-bond donors (Lipinski definition) is 4. The van der Waals surface area contributed by atoms with E-state index in [2.05, 4.69) is 0 Å². The third kappa shape index (κ3) is 1.32. The van der Waals surface area contributed by atoms with E-state index in [1.807, 2.05) is 5.32 Å². The number of dihydropyridines is 1. The van der Waals surface area contributed by atoms with Crippen molar-refractivity contribution in [1.29, 1.82) is 0 Å². The molecule has 0 aliphatic carbocycles. The highest BCUT2D eigenvalue weighted by atomic mass is 16.4. The second kappa shape index (κ2) is 2.28. The van der Waals surface area contributed by atoms with Crippen LogP contribution in [0.1, 0.15) is 0 Å². The van der Waals surface area contributed by atoms with Gasteiger partial charge in [0, 0.05) is 0 Å². The van der Waals surface area contributed by atoms with Crippen LogP contribution < -0.4 is 5.32 Å². The Hall–Kier alpha value is -1.49. The molecule has 0 fully saturated rings. The molecule has 1 atom stereocenters. The van der Waals surface area contributed by atoms with Crippen LogP contribution in [0.2, 0.25) is 0 Å². The van der Waals surface area contributed by atoms with E-state index < -0.39 is 11.7 Å². The maximum absolute atomic E-state index is 10.3. The van der Waals surface area contributed by atoms with E-state index in [4.69, 9.17) is 15.3 Å². The number of carboxylic acids is 1. The van der Waals surface area contributed by atoms with E-state index >= 15 is 0 Å². The first-order chi connectivity index (χ1) is 5.04. The molecular weight excluding hydrogens is 150 g/mol. The summed E-state index contributed by atoms with van der Waals surface area (Å²) in [6.07, 6.45) is 3.51. The predicted molar refractivity (Wildman–Crippen MR) is 35.6 cm³/mol. The van der Waals surface area contributed by atoms with Gasteiger partial charge in [0.1, 0.15) is 0 Å². The minimum atomic E-state index is -2.18. The molecule has 0 saturated heterocycles. The molecule has 1 heterocycles. The molecule has 0 saturated carbocycles. The Bertz CT molecular complexity index is 245. The molecule has 1 unspecified atom stereocenters. The van der Waals surface area contributed by atoms with E-state index in [0.717, 1.165) is 6.08 Å². The number of hydrogen-bond acceptors (Lipinski definition) is 4. The van der Waals surface area contributed by atoms with E-state index in [1.54, 1.807) is 0 Å². The summed E-state index contributed by atoms with van der Waals surface area (Å²) in [7, 11) is 0. The molecule has 0 aromatic rings. The monoisotopic (exact) mass is 157 g/mol. The van der Waals surface area contributed by atoms with Crippen LogP contribution >= 0.6 is 0 Å². The van der Waals surface area contributed by atoms with Crippen molar-refractivity contribution in [2.24, 2.45) is 0 Å². The molecular formula is C6H7NO4. The van der Waals surface area contributed by atoms with E-state index in [9.17, 15) is 4.79 Å². The van der Waals surface area contributed by atoms with Gasteiger partial charge in [0.25, 0.3) is 5.72 Å². The lowest BCUT2D eigenvalue weighted by Crippen LogP contribution is -2.50. The van der Waals surface area contributed by atoms with Gasteiger partial charge in [-0.25, -0.2) is 4.79 Å². The predicted octanol–water partition coefficient (Wildman–Crippen LogP) is -0.682. The van der Waals surface area contributed by atoms with Crippen molar-refractivity contribution in [3.05, 3.63) is 24.1 Å². The minimum Gasteiger partial charge on any atom is -0.495 e. The number of carbonyl (C=O) groups is 1. The Balaban J connectivity index is 2.86. The first kappa shape index (κ1) is 7.62. The Kier molecular flexibility index (Phi) is 1.58. The van der Waals surface area contributed by atoms with Gasteiger partial charge >= 0.3 is 5.97 Å². The average molecular weight is 157 g/mol. The van der Waals surface area contributed by atoms with Crippen LogP contribution in [0.15, 0.2) is 24.1 Å². The van der Waals surface area contributed by atoms with Crippen LogP contribution in [-0.2, 0) is 4.79 Å². The second-order valence-electron chi connectivity index (χ2n) is 2.11. The zero-order valence-corrected chi connectivity index (χ0v) is 5.48. The standard InChI is InChI=1S/C6H7NO4/c8-4-2-1-3-6(11,7-4)5(9)10/h1-3,7-8,11H,(H,9,10). The van der Waals surface area contributed by atoms with Gasteiger partial charge in [0.2, 0.25) is 0 Å². The summed E-state index contributed by atoms with van der Waals surface area (Å²) in [6.45, 7) is 0. The highest BCUT2D eigenvalue weighted by Crippen LogP contribution is 2.09. The summed E-state index contributed by atoms with van der Waals surface area (Å²) >= 11 is 0. The van der Waals surface area contributed by atoms with Gasteiger partial charge in [-0.1, -0.05) is 6.08 Å².